The molecule has 144 valence electrons. The van der Waals surface area contributed by atoms with E-state index in [1.54, 1.807) is 26.4 Å². The molecule has 1 aliphatic heterocycles. The zero-order valence-electron chi connectivity index (χ0n) is 15.2. The molecule has 5 nitrogen and oxygen atoms in total. The number of carbonyl (C=O) groups excluding carboxylic acids is 1. The lowest BCUT2D eigenvalue weighted by Crippen LogP contribution is -2.34. The highest BCUT2D eigenvalue weighted by molar-refractivity contribution is 9.10. The topological polar surface area (TPSA) is 48.0 Å². The number of methoxy groups -OCH3 is 2. The molecule has 0 aromatic heterocycles. The molecule has 0 N–H and O–H groups in total. The normalized spacial score (nSPS) is 16.3. The van der Waals surface area contributed by atoms with Crippen LogP contribution in [0.15, 0.2) is 40.9 Å². The third-order valence-electron chi connectivity index (χ3n) is 4.62. The summed E-state index contributed by atoms with van der Waals surface area (Å²) in [6.45, 7) is 0.631. The first kappa shape index (κ1) is 19.8. The molecule has 0 bridgehead atoms. The maximum atomic E-state index is 12.8. The van der Waals surface area contributed by atoms with Gasteiger partial charge in [0.05, 0.1) is 25.3 Å². The highest BCUT2D eigenvalue weighted by Gasteiger charge is 2.32. The summed E-state index contributed by atoms with van der Waals surface area (Å²) in [6, 6.07) is 11.0. The number of ether oxygens (including phenoxy) is 3. The van der Waals surface area contributed by atoms with Crippen molar-refractivity contribution in [3.8, 4) is 17.2 Å². The van der Waals surface area contributed by atoms with Crippen LogP contribution >= 0.6 is 27.5 Å². The lowest BCUT2D eigenvalue weighted by atomic mass is 10.0. The summed E-state index contributed by atoms with van der Waals surface area (Å²) >= 11 is 9.51. The predicted molar refractivity (Wildman–Crippen MR) is 108 cm³/mol. The van der Waals surface area contributed by atoms with Crippen LogP contribution < -0.4 is 14.2 Å². The number of halogens is 2. The smallest absolute Gasteiger partial charge is 0.261 e. The Morgan fingerprint density at radius 1 is 1.19 bits per heavy atom. The number of benzene rings is 2. The molecule has 7 heteroatoms. The second-order valence-electron chi connectivity index (χ2n) is 6.22. The summed E-state index contributed by atoms with van der Waals surface area (Å²) in [5.41, 5.74) is 0.978. The number of hydrogen-bond donors (Lipinski definition) is 0. The van der Waals surface area contributed by atoms with Gasteiger partial charge < -0.3 is 19.1 Å². The van der Waals surface area contributed by atoms with Crippen LogP contribution in [0.1, 0.15) is 24.4 Å². The molecule has 1 aliphatic rings. The summed E-state index contributed by atoms with van der Waals surface area (Å²) in [6.07, 6.45) is 1.82. The number of hydrogen-bond acceptors (Lipinski definition) is 4. The van der Waals surface area contributed by atoms with Gasteiger partial charge in [0.1, 0.15) is 17.2 Å². The lowest BCUT2D eigenvalue weighted by Gasteiger charge is -2.26. The van der Waals surface area contributed by atoms with Crippen molar-refractivity contribution in [2.24, 2.45) is 0 Å². The second kappa shape index (κ2) is 8.85. The first-order valence-electron chi connectivity index (χ1n) is 8.62. The minimum atomic E-state index is -0.0747. The molecule has 3 rings (SSSR count). The van der Waals surface area contributed by atoms with Gasteiger partial charge in [0.25, 0.3) is 5.91 Å². The zero-order chi connectivity index (χ0) is 19.4. The fraction of sp³-hybridized carbons (Fsp3) is 0.350. The van der Waals surface area contributed by atoms with E-state index in [2.05, 4.69) is 15.9 Å². The van der Waals surface area contributed by atoms with Crippen molar-refractivity contribution in [1.29, 1.82) is 0 Å². The largest absolute Gasteiger partial charge is 0.497 e. The molecule has 0 unspecified atom stereocenters. The Kier molecular flexibility index (Phi) is 6.50. The quantitative estimate of drug-likeness (QED) is 0.625. The Morgan fingerprint density at radius 3 is 2.70 bits per heavy atom. The van der Waals surface area contributed by atoms with E-state index in [-0.39, 0.29) is 18.6 Å². The number of likely N-dealkylation sites (tertiary alicyclic amines) is 1. The van der Waals surface area contributed by atoms with Crippen molar-refractivity contribution < 1.29 is 19.0 Å². The van der Waals surface area contributed by atoms with E-state index >= 15 is 0 Å². The highest BCUT2D eigenvalue weighted by Crippen LogP contribution is 2.38. The van der Waals surface area contributed by atoms with Gasteiger partial charge in [-0.25, -0.2) is 0 Å². The Hall–Kier alpha value is -1.92. The third kappa shape index (κ3) is 4.50. The SMILES string of the molecule is COc1ccc([C@@H]2CCCN2C(=O)COc2ccc(Br)cc2Cl)c(OC)c1. The average Bonchev–Trinajstić information content (AvgIpc) is 3.16. The minimum Gasteiger partial charge on any atom is -0.497 e. The standard InChI is InChI=1S/C20H21BrClNO4/c1-25-14-6-7-15(19(11-14)26-2)17-4-3-9-23(17)20(24)12-27-18-8-5-13(21)10-16(18)22/h5-8,10-11,17H,3-4,9,12H2,1-2H3/t17-/m0/s1. The van der Waals surface area contributed by atoms with E-state index < -0.39 is 0 Å². The Bertz CT molecular complexity index is 830. The van der Waals surface area contributed by atoms with E-state index in [4.69, 9.17) is 25.8 Å². The van der Waals surface area contributed by atoms with Crippen LogP contribution in [0.4, 0.5) is 0 Å². The van der Waals surface area contributed by atoms with Crippen molar-refractivity contribution in [2.45, 2.75) is 18.9 Å². The highest BCUT2D eigenvalue weighted by atomic mass is 79.9. The van der Waals surface area contributed by atoms with E-state index in [9.17, 15) is 4.79 Å². The van der Waals surface area contributed by atoms with Crippen LogP contribution in [0, 0.1) is 0 Å². The fourth-order valence-electron chi connectivity index (χ4n) is 3.30. The van der Waals surface area contributed by atoms with Crippen LogP contribution in [0.2, 0.25) is 5.02 Å². The molecular weight excluding hydrogens is 434 g/mol. The van der Waals surface area contributed by atoms with Crippen molar-refractivity contribution in [1.82, 2.24) is 4.90 Å². The molecule has 1 amide bonds. The van der Waals surface area contributed by atoms with Gasteiger partial charge >= 0.3 is 0 Å². The molecule has 0 radical (unpaired) electrons. The van der Waals surface area contributed by atoms with E-state index in [0.717, 1.165) is 34.4 Å². The van der Waals surface area contributed by atoms with Gasteiger partial charge in [0.2, 0.25) is 0 Å². The third-order valence-corrected chi connectivity index (χ3v) is 5.41. The van der Waals surface area contributed by atoms with Crippen LogP contribution in [0.5, 0.6) is 17.2 Å². The molecule has 0 saturated carbocycles. The maximum Gasteiger partial charge on any atom is 0.261 e. The molecule has 1 heterocycles. The van der Waals surface area contributed by atoms with Gasteiger partial charge in [-0.3, -0.25) is 4.79 Å². The number of rotatable bonds is 6. The zero-order valence-corrected chi connectivity index (χ0v) is 17.5. The van der Waals surface area contributed by atoms with Crippen LogP contribution in [0.25, 0.3) is 0 Å². The van der Waals surface area contributed by atoms with Crippen molar-refractivity contribution in [3.05, 3.63) is 51.5 Å². The van der Waals surface area contributed by atoms with E-state index in [0.29, 0.717) is 17.3 Å². The lowest BCUT2D eigenvalue weighted by molar-refractivity contribution is -0.134. The Labute approximate surface area is 172 Å². The summed E-state index contributed by atoms with van der Waals surface area (Å²) in [5, 5.41) is 0.465. The summed E-state index contributed by atoms with van der Waals surface area (Å²) in [7, 11) is 3.24. The molecule has 1 saturated heterocycles. The van der Waals surface area contributed by atoms with E-state index in [1.807, 2.05) is 29.2 Å². The molecule has 1 atom stereocenters. The first-order valence-corrected chi connectivity index (χ1v) is 9.80. The Morgan fingerprint density at radius 2 is 2.00 bits per heavy atom. The molecule has 0 aliphatic carbocycles. The van der Waals surface area contributed by atoms with Crippen molar-refractivity contribution in [3.63, 3.8) is 0 Å². The molecule has 27 heavy (non-hydrogen) atoms. The second-order valence-corrected chi connectivity index (χ2v) is 7.54. The minimum absolute atomic E-state index is 0.0395. The summed E-state index contributed by atoms with van der Waals surface area (Å²) in [5.74, 6) is 1.86. The summed E-state index contributed by atoms with van der Waals surface area (Å²) < 4.78 is 17.3. The molecule has 2 aromatic rings. The molecule has 2 aromatic carbocycles. The Balaban J connectivity index is 1.73. The predicted octanol–water partition coefficient (Wildman–Crippen LogP) is 4.86. The number of amides is 1. The van der Waals surface area contributed by atoms with Crippen LogP contribution in [0.3, 0.4) is 0 Å². The van der Waals surface area contributed by atoms with Crippen molar-refractivity contribution >= 4 is 33.4 Å². The van der Waals surface area contributed by atoms with Gasteiger partial charge in [0.15, 0.2) is 6.61 Å². The maximum absolute atomic E-state index is 12.8. The summed E-state index contributed by atoms with van der Waals surface area (Å²) in [4.78, 5) is 14.6. The number of nitrogens with zero attached hydrogens (tertiary/aromatic N) is 1. The monoisotopic (exact) mass is 453 g/mol. The van der Waals surface area contributed by atoms with Gasteiger partial charge in [-0.05, 0) is 43.2 Å². The van der Waals surface area contributed by atoms with Crippen LogP contribution in [-0.4, -0.2) is 38.2 Å². The molecule has 0 spiro atoms. The van der Waals surface area contributed by atoms with Crippen LogP contribution in [-0.2, 0) is 4.79 Å². The first-order chi connectivity index (χ1) is 13.0. The van der Waals surface area contributed by atoms with Gasteiger partial charge in [-0.15, -0.1) is 0 Å². The van der Waals surface area contributed by atoms with Gasteiger partial charge in [-0.2, -0.15) is 0 Å². The van der Waals surface area contributed by atoms with E-state index in [1.165, 1.54) is 0 Å². The molecule has 1 fully saturated rings. The van der Waals surface area contributed by atoms with Gasteiger partial charge in [0, 0.05) is 22.6 Å². The van der Waals surface area contributed by atoms with Crippen molar-refractivity contribution in [2.75, 3.05) is 27.4 Å². The average molecular weight is 455 g/mol. The fourth-order valence-corrected chi connectivity index (χ4v) is 4.02. The molecular formula is C20H21BrClNO4. The van der Waals surface area contributed by atoms with Gasteiger partial charge in [-0.1, -0.05) is 27.5 Å². The number of carbonyl (C=O) groups is 1.